The lowest BCUT2D eigenvalue weighted by molar-refractivity contribution is 0.608. The minimum absolute atomic E-state index is 0.183. The van der Waals surface area contributed by atoms with Crippen molar-refractivity contribution < 1.29 is 0 Å². The van der Waals surface area contributed by atoms with Gasteiger partial charge in [0.2, 0.25) is 0 Å². The Morgan fingerprint density at radius 1 is 1.44 bits per heavy atom. The summed E-state index contributed by atoms with van der Waals surface area (Å²) in [5.41, 5.74) is 7.53. The maximum absolute atomic E-state index is 6.23. The normalized spacial score (nSPS) is 13.2. The summed E-state index contributed by atoms with van der Waals surface area (Å²) in [6, 6.07) is 6.51. The summed E-state index contributed by atoms with van der Waals surface area (Å²) in [5.74, 6) is 0. The number of hydrogen-bond donors (Lipinski definition) is 1. The topological polar surface area (TPSA) is 26.0 Å². The van der Waals surface area contributed by atoms with Crippen molar-refractivity contribution in [3.8, 4) is 0 Å². The van der Waals surface area contributed by atoms with Crippen LogP contribution in [0.2, 0.25) is 0 Å². The Balaban J connectivity index is 2.34. The van der Waals surface area contributed by atoms with Crippen LogP contribution in [0.5, 0.6) is 0 Å². The minimum atomic E-state index is 0.183. The van der Waals surface area contributed by atoms with E-state index in [0.717, 1.165) is 6.42 Å². The predicted octanol–water partition coefficient (Wildman–Crippen LogP) is 4.85. The van der Waals surface area contributed by atoms with Crippen molar-refractivity contribution in [2.75, 3.05) is 0 Å². The highest BCUT2D eigenvalue weighted by Crippen LogP contribution is 2.35. The van der Waals surface area contributed by atoms with Gasteiger partial charge in [-0.3, -0.25) is 0 Å². The zero-order valence-electron chi connectivity index (χ0n) is 9.37. The molecule has 86 valence electrons. The van der Waals surface area contributed by atoms with Gasteiger partial charge in [-0.05, 0) is 44.7 Å². The van der Waals surface area contributed by atoms with E-state index in [1.165, 1.54) is 33.0 Å². The maximum Gasteiger partial charge on any atom is 0.0488 e. The molecule has 2 aromatic rings. The van der Waals surface area contributed by atoms with Crippen molar-refractivity contribution in [1.82, 2.24) is 0 Å². The molecule has 1 aromatic heterocycles. The van der Waals surface area contributed by atoms with E-state index in [2.05, 4.69) is 46.4 Å². The van der Waals surface area contributed by atoms with Gasteiger partial charge in [-0.15, -0.1) is 11.3 Å². The summed E-state index contributed by atoms with van der Waals surface area (Å²) in [6.45, 7) is 2.20. The van der Waals surface area contributed by atoms with E-state index in [1.54, 1.807) is 11.3 Å². The third-order valence-corrected chi connectivity index (χ3v) is 4.82. The molecule has 0 spiro atoms. The summed E-state index contributed by atoms with van der Waals surface area (Å²) >= 11 is 5.36. The third-order valence-electron chi connectivity index (χ3n) is 2.85. The molecule has 2 N–H and O–H groups in total. The predicted molar refractivity (Wildman–Crippen MR) is 76.0 cm³/mol. The number of unbranched alkanes of at least 4 members (excludes halogenated alkanes) is 1. The zero-order chi connectivity index (χ0) is 11.5. The van der Waals surface area contributed by atoms with E-state index < -0.39 is 0 Å². The number of thiophene rings is 1. The van der Waals surface area contributed by atoms with Gasteiger partial charge in [0.25, 0.3) is 0 Å². The molecule has 16 heavy (non-hydrogen) atoms. The van der Waals surface area contributed by atoms with Gasteiger partial charge in [0, 0.05) is 15.2 Å². The molecule has 0 aliphatic carbocycles. The largest absolute Gasteiger partial charge is 0.324 e. The van der Waals surface area contributed by atoms with E-state index in [4.69, 9.17) is 5.73 Å². The molecule has 0 radical (unpaired) electrons. The Labute approximate surface area is 109 Å². The first-order valence-corrected chi connectivity index (χ1v) is 7.32. The zero-order valence-corrected chi connectivity index (χ0v) is 11.8. The number of benzene rings is 1. The molecule has 1 heterocycles. The highest BCUT2D eigenvalue weighted by molar-refractivity contribution is 9.10. The third kappa shape index (κ3) is 2.31. The average molecular weight is 298 g/mol. The summed E-state index contributed by atoms with van der Waals surface area (Å²) in [4.78, 5) is 0. The second kappa shape index (κ2) is 5.30. The van der Waals surface area contributed by atoms with Crippen LogP contribution in [0.4, 0.5) is 0 Å². The van der Waals surface area contributed by atoms with E-state index in [1.807, 2.05) is 0 Å². The molecular weight excluding hydrogens is 282 g/mol. The van der Waals surface area contributed by atoms with E-state index in [0.29, 0.717) is 0 Å². The van der Waals surface area contributed by atoms with Gasteiger partial charge in [-0.2, -0.15) is 0 Å². The number of fused-ring (bicyclic) bond motifs is 1. The Bertz CT molecular complexity index is 478. The number of halogens is 1. The van der Waals surface area contributed by atoms with Crippen LogP contribution in [-0.2, 0) is 0 Å². The fraction of sp³-hybridized carbons (Fsp3) is 0.385. The fourth-order valence-corrected chi connectivity index (χ4v) is 3.60. The van der Waals surface area contributed by atoms with E-state index in [-0.39, 0.29) is 6.04 Å². The number of nitrogens with two attached hydrogens (primary N) is 1. The molecule has 0 fully saturated rings. The van der Waals surface area contributed by atoms with Crippen LogP contribution in [0.3, 0.4) is 0 Å². The summed E-state index contributed by atoms with van der Waals surface area (Å²) < 4.78 is 2.48. The molecule has 1 nitrogen and oxygen atoms in total. The summed E-state index contributed by atoms with van der Waals surface area (Å²) in [5, 5.41) is 3.51. The maximum atomic E-state index is 6.23. The highest BCUT2D eigenvalue weighted by Gasteiger charge is 2.12. The Hall–Kier alpha value is -0.380. The van der Waals surface area contributed by atoms with E-state index in [9.17, 15) is 0 Å². The van der Waals surface area contributed by atoms with Gasteiger partial charge in [0.1, 0.15) is 0 Å². The highest BCUT2D eigenvalue weighted by atomic mass is 79.9. The lowest BCUT2D eigenvalue weighted by Gasteiger charge is -2.10. The second-order valence-corrected chi connectivity index (χ2v) is 5.79. The van der Waals surface area contributed by atoms with Gasteiger partial charge < -0.3 is 5.73 Å². The SMILES string of the molecule is CCCCC(N)c1csc2c(Br)cccc12. The van der Waals surface area contributed by atoms with Crippen molar-refractivity contribution in [2.45, 2.75) is 32.2 Å². The lowest BCUT2D eigenvalue weighted by atomic mass is 10.0. The summed E-state index contributed by atoms with van der Waals surface area (Å²) in [6.07, 6.45) is 3.49. The van der Waals surface area contributed by atoms with Crippen molar-refractivity contribution in [3.63, 3.8) is 0 Å². The van der Waals surface area contributed by atoms with Gasteiger partial charge in [-0.1, -0.05) is 31.9 Å². The molecule has 1 atom stereocenters. The quantitative estimate of drug-likeness (QED) is 0.857. The minimum Gasteiger partial charge on any atom is -0.324 e. The van der Waals surface area contributed by atoms with Crippen molar-refractivity contribution >= 4 is 37.4 Å². The van der Waals surface area contributed by atoms with Gasteiger partial charge in [0.15, 0.2) is 0 Å². The van der Waals surface area contributed by atoms with Crippen molar-refractivity contribution in [3.05, 3.63) is 33.6 Å². The second-order valence-electron chi connectivity index (χ2n) is 4.06. The van der Waals surface area contributed by atoms with Gasteiger partial charge in [0.05, 0.1) is 0 Å². The molecule has 0 amide bonds. The first-order chi connectivity index (χ1) is 7.74. The van der Waals surface area contributed by atoms with Crippen LogP contribution in [0.1, 0.15) is 37.8 Å². The average Bonchev–Trinajstić information content (AvgIpc) is 2.71. The smallest absolute Gasteiger partial charge is 0.0488 e. The molecule has 1 aromatic carbocycles. The monoisotopic (exact) mass is 297 g/mol. The van der Waals surface area contributed by atoms with E-state index >= 15 is 0 Å². The molecule has 0 aliphatic rings. The molecular formula is C13H16BrNS. The van der Waals surface area contributed by atoms with Crippen LogP contribution in [0.15, 0.2) is 28.1 Å². The Kier molecular flexibility index (Phi) is 4.00. The molecule has 2 rings (SSSR count). The van der Waals surface area contributed by atoms with Crippen molar-refractivity contribution in [2.24, 2.45) is 5.73 Å². The number of hydrogen-bond acceptors (Lipinski definition) is 2. The lowest BCUT2D eigenvalue weighted by Crippen LogP contribution is -2.09. The first kappa shape index (κ1) is 12.1. The molecule has 0 aliphatic heterocycles. The molecule has 3 heteroatoms. The van der Waals surface area contributed by atoms with Crippen LogP contribution >= 0.6 is 27.3 Å². The molecule has 1 unspecified atom stereocenters. The summed E-state index contributed by atoms with van der Waals surface area (Å²) in [7, 11) is 0. The Morgan fingerprint density at radius 2 is 2.25 bits per heavy atom. The standard InChI is InChI=1S/C13H16BrNS/c1-2-3-7-12(15)10-8-16-13-9(10)5-4-6-11(13)14/h4-6,8,12H,2-3,7,15H2,1H3. The van der Waals surface area contributed by atoms with Crippen LogP contribution in [0.25, 0.3) is 10.1 Å². The Morgan fingerprint density at radius 3 is 3.00 bits per heavy atom. The molecule has 0 saturated heterocycles. The fourth-order valence-electron chi connectivity index (χ4n) is 1.91. The van der Waals surface area contributed by atoms with Crippen LogP contribution in [-0.4, -0.2) is 0 Å². The number of rotatable bonds is 4. The molecule has 0 bridgehead atoms. The van der Waals surface area contributed by atoms with Crippen molar-refractivity contribution in [1.29, 1.82) is 0 Å². The van der Waals surface area contributed by atoms with Gasteiger partial charge in [-0.25, -0.2) is 0 Å². The van der Waals surface area contributed by atoms with Crippen LogP contribution < -0.4 is 5.73 Å². The van der Waals surface area contributed by atoms with Crippen LogP contribution in [0, 0.1) is 0 Å². The molecule has 0 saturated carbocycles. The van der Waals surface area contributed by atoms with Gasteiger partial charge >= 0.3 is 0 Å². The first-order valence-electron chi connectivity index (χ1n) is 5.65.